The molecule has 0 radical (unpaired) electrons. The summed E-state index contributed by atoms with van der Waals surface area (Å²) in [6, 6.07) is 7.36. The van der Waals surface area contributed by atoms with Crippen molar-refractivity contribution in [2.45, 2.75) is 26.2 Å². The van der Waals surface area contributed by atoms with Crippen LogP contribution in [0.25, 0.3) is 0 Å². The van der Waals surface area contributed by atoms with Crippen molar-refractivity contribution >= 4 is 11.6 Å². The van der Waals surface area contributed by atoms with E-state index in [2.05, 4.69) is 17.7 Å². The average Bonchev–Trinajstić information content (AvgIpc) is 2.34. The number of anilines is 1. The predicted octanol–water partition coefficient (Wildman–Crippen LogP) is 1.89. The van der Waals surface area contributed by atoms with E-state index in [1.54, 1.807) is 6.07 Å². The van der Waals surface area contributed by atoms with Crippen LogP contribution < -0.4 is 16.6 Å². The molecule has 0 saturated heterocycles. The van der Waals surface area contributed by atoms with Crippen molar-refractivity contribution in [1.29, 1.82) is 0 Å². The molecule has 4 nitrogen and oxygen atoms in total. The Bertz CT molecular complexity index is 339. The third kappa shape index (κ3) is 3.55. The zero-order chi connectivity index (χ0) is 11.8. The summed E-state index contributed by atoms with van der Waals surface area (Å²) < 4.78 is 0. The van der Waals surface area contributed by atoms with Gasteiger partial charge < -0.3 is 5.32 Å². The molecule has 0 atom stereocenters. The molecule has 1 amide bonds. The van der Waals surface area contributed by atoms with Crippen LogP contribution in [0.15, 0.2) is 24.3 Å². The van der Waals surface area contributed by atoms with Crippen LogP contribution in [0.3, 0.4) is 0 Å². The van der Waals surface area contributed by atoms with Crippen molar-refractivity contribution in [3.63, 3.8) is 0 Å². The van der Waals surface area contributed by atoms with Crippen molar-refractivity contribution in [2.75, 3.05) is 11.9 Å². The Balaban J connectivity index is 2.60. The molecule has 0 aromatic heterocycles. The second-order valence-corrected chi connectivity index (χ2v) is 3.65. The zero-order valence-corrected chi connectivity index (χ0v) is 9.62. The van der Waals surface area contributed by atoms with Gasteiger partial charge in [0, 0.05) is 12.2 Å². The molecule has 1 aromatic rings. The van der Waals surface area contributed by atoms with E-state index >= 15 is 0 Å². The minimum Gasteiger partial charge on any atom is -0.384 e. The number of nitrogens with one attached hydrogen (secondary N) is 2. The van der Waals surface area contributed by atoms with E-state index in [1.165, 1.54) is 12.8 Å². The van der Waals surface area contributed by atoms with Crippen LogP contribution in [0.5, 0.6) is 0 Å². The van der Waals surface area contributed by atoms with Gasteiger partial charge in [0.05, 0.1) is 5.56 Å². The molecule has 1 rings (SSSR count). The molecule has 1 aromatic carbocycles. The van der Waals surface area contributed by atoms with Crippen LogP contribution >= 0.6 is 0 Å². The van der Waals surface area contributed by atoms with Gasteiger partial charge in [-0.15, -0.1) is 0 Å². The third-order valence-electron chi connectivity index (χ3n) is 2.40. The molecule has 0 spiro atoms. The van der Waals surface area contributed by atoms with E-state index in [9.17, 15) is 4.79 Å². The Morgan fingerprint density at radius 2 is 2.06 bits per heavy atom. The van der Waals surface area contributed by atoms with E-state index in [1.807, 2.05) is 18.2 Å². The van der Waals surface area contributed by atoms with Crippen LogP contribution in [-0.4, -0.2) is 12.5 Å². The number of nitrogens with two attached hydrogens (primary N) is 1. The Kier molecular flexibility index (Phi) is 5.36. The lowest BCUT2D eigenvalue weighted by molar-refractivity contribution is 0.0954. The monoisotopic (exact) mass is 221 g/mol. The van der Waals surface area contributed by atoms with Gasteiger partial charge >= 0.3 is 0 Å². The minimum atomic E-state index is -0.265. The molecule has 0 unspecified atom stereocenters. The van der Waals surface area contributed by atoms with E-state index in [-0.39, 0.29) is 5.91 Å². The molecular weight excluding hydrogens is 202 g/mol. The van der Waals surface area contributed by atoms with Crippen molar-refractivity contribution in [3.8, 4) is 0 Å². The zero-order valence-electron chi connectivity index (χ0n) is 9.62. The standard InChI is InChI=1S/C12H19N3O/c1-2-3-6-9-14-11-8-5-4-7-10(11)12(16)15-13/h4-5,7-8,14H,2-3,6,9,13H2,1H3,(H,15,16). The number of hydrazine groups is 1. The van der Waals surface area contributed by atoms with Gasteiger partial charge in [-0.3, -0.25) is 10.2 Å². The lowest BCUT2D eigenvalue weighted by atomic mass is 10.1. The summed E-state index contributed by atoms with van der Waals surface area (Å²) in [5, 5.41) is 3.25. The van der Waals surface area contributed by atoms with Crippen molar-refractivity contribution in [2.24, 2.45) is 5.84 Å². The van der Waals surface area contributed by atoms with Gasteiger partial charge in [0.15, 0.2) is 0 Å². The summed E-state index contributed by atoms with van der Waals surface area (Å²) in [7, 11) is 0. The molecule has 0 aliphatic carbocycles. The number of hydrogen-bond donors (Lipinski definition) is 3. The summed E-state index contributed by atoms with van der Waals surface area (Å²) in [5.41, 5.74) is 3.56. The number of benzene rings is 1. The minimum absolute atomic E-state index is 0.265. The highest BCUT2D eigenvalue weighted by atomic mass is 16.2. The predicted molar refractivity (Wildman–Crippen MR) is 66.1 cm³/mol. The Morgan fingerprint density at radius 3 is 2.75 bits per heavy atom. The van der Waals surface area contributed by atoms with Crippen LogP contribution in [-0.2, 0) is 0 Å². The summed E-state index contributed by atoms with van der Waals surface area (Å²) in [4.78, 5) is 11.4. The molecule has 0 aliphatic rings. The number of nitrogen functional groups attached to an aromatic ring is 1. The van der Waals surface area contributed by atoms with E-state index in [0.717, 1.165) is 18.7 Å². The van der Waals surface area contributed by atoms with Gasteiger partial charge in [-0.05, 0) is 18.6 Å². The van der Waals surface area contributed by atoms with E-state index in [4.69, 9.17) is 5.84 Å². The summed E-state index contributed by atoms with van der Waals surface area (Å²) >= 11 is 0. The molecule has 0 heterocycles. The molecule has 0 bridgehead atoms. The molecule has 0 saturated carbocycles. The smallest absolute Gasteiger partial charge is 0.267 e. The first kappa shape index (κ1) is 12.5. The normalized spacial score (nSPS) is 9.88. The average molecular weight is 221 g/mol. The number of carbonyl (C=O) groups excluding carboxylic acids is 1. The van der Waals surface area contributed by atoms with Crippen LogP contribution in [0, 0.1) is 0 Å². The maximum absolute atomic E-state index is 11.4. The lowest BCUT2D eigenvalue weighted by Crippen LogP contribution is -2.30. The largest absolute Gasteiger partial charge is 0.384 e. The Morgan fingerprint density at radius 1 is 1.31 bits per heavy atom. The first-order valence-corrected chi connectivity index (χ1v) is 5.63. The summed E-state index contributed by atoms with van der Waals surface area (Å²) in [6.45, 7) is 3.04. The second-order valence-electron chi connectivity index (χ2n) is 3.65. The van der Waals surface area contributed by atoms with Crippen molar-refractivity contribution in [3.05, 3.63) is 29.8 Å². The van der Waals surface area contributed by atoms with Gasteiger partial charge in [-0.2, -0.15) is 0 Å². The first-order chi connectivity index (χ1) is 7.79. The topological polar surface area (TPSA) is 67.2 Å². The van der Waals surface area contributed by atoms with Crippen LogP contribution in [0.2, 0.25) is 0 Å². The van der Waals surface area contributed by atoms with Gasteiger partial charge in [0.1, 0.15) is 0 Å². The molecule has 0 aliphatic heterocycles. The van der Waals surface area contributed by atoms with Gasteiger partial charge in [0.25, 0.3) is 5.91 Å². The third-order valence-corrected chi connectivity index (χ3v) is 2.40. The summed E-state index contributed by atoms with van der Waals surface area (Å²) in [5.74, 6) is 4.86. The quantitative estimate of drug-likeness (QED) is 0.297. The fourth-order valence-electron chi connectivity index (χ4n) is 1.51. The van der Waals surface area contributed by atoms with Gasteiger partial charge in [0.2, 0.25) is 0 Å². The summed E-state index contributed by atoms with van der Waals surface area (Å²) in [6.07, 6.45) is 3.49. The van der Waals surface area contributed by atoms with Gasteiger partial charge in [-0.1, -0.05) is 31.9 Å². The number of rotatable bonds is 6. The van der Waals surface area contributed by atoms with Crippen LogP contribution in [0.4, 0.5) is 5.69 Å². The molecular formula is C12H19N3O. The fourth-order valence-corrected chi connectivity index (χ4v) is 1.51. The molecule has 4 heteroatoms. The highest BCUT2D eigenvalue weighted by Crippen LogP contribution is 2.14. The Hall–Kier alpha value is -1.55. The number of para-hydroxylation sites is 1. The highest BCUT2D eigenvalue weighted by Gasteiger charge is 2.08. The van der Waals surface area contributed by atoms with Crippen molar-refractivity contribution in [1.82, 2.24) is 5.43 Å². The first-order valence-electron chi connectivity index (χ1n) is 5.63. The number of carbonyl (C=O) groups is 1. The molecule has 16 heavy (non-hydrogen) atoms. The maximum Gasteiger partial charge on any atom is 0.267 e. The number of hydrogen-bond acceptors (Lipinski definition) is 3. The second kappa shape index (κ2) is 6.85. The fraction of sp³-hybridized carbons (Fsp3) is 0.417. The SMILES string of the molecule is CCCCCNc1ccccc1C(=O)NN. The van der Waals surface area contributed by atoms with E-state index in [0.29, 0.717) is 5.56 Å². The van der Waals surface area contributed by atoms with Crippen LogP contribution in [0.1, 0.15) is 36.5 Å². The maximum atomic E-state index is 11.4. The highest BCUT2D eigenvalue weighted by molar-refractivity contribution is 5.99. The molecule has 0 fully saturated rings. The number of amides is 1. The lowest BCUT2D eigenvalue weighted by Gasteiger charge is -2.10. The molecule has 88 valence electrons. The number of unbranched alkanes of at least 4 members (excludes halogenated alkanes) is 2. The van der Waals surface area contributed by atoms with Gasteiger partial charge in [-0.25, -0.2) is 5.84 Å². The van der Waals surface area contributed by atoms with Crippen molar-refractivity contribution < 1.29 is 4.79 Å². The molecule has 4 N–H and O–H groups in total. The Labute approximate surface area is 96.2 Å². The van der Waals surface area contributed by atoms with E-state index < -0.39 is 0 Å².